The van der Waals surface area contributed by atoms with E-state index in [0.29, 0.717) is 16.3 Å². The number of phenols is 1. The number of rotatable bonds is 0. The van der Waals surface area contributed by atoms with Crippen LogP contribution in [0.2, 0.25) is 5.02 Å². The van der Waals surface area contributed by atoms with Crippen molar-refractivity contribution in [3.8, 4) is 5.75 Å². The van der Waals surface area contributed by atoms with Crippen LogP contribution in [0.3, 0.4) is 0 Å². The topological polar surface area (TPSA) is 87.4 Å². The number of hydrogen-bond acceptors (Lipinski definition) is 3. The molecule has 2 aliphatic rings. The van der Waals surface area contributed by atoms with Gasteiger partial charge in [-0.1, -0.05) is 25.4 Å². The van der Waals surface area contributed by atoms with Crippen molar-refractivity contribution in [1.29, 1.82) is 0 Å². The Morgan fingerprint density at radius 1 is 1.29 bits per heavy atom. The molecular formula is C15H20ClN3O2. The molecule has 5 N–H and O–H groups in total. The van der Waals surface area contributed by atoms with Crippen molar-refractivity contribution in [2.45, 2.75) is 45.1 Å². The summed E-state index contributed by atoms with van der Waals surface area (Å²) in [6.07, 6.45) is 3.43. The molecule has 2 amide bonds. The third kappa shape index (κ3) is 2.20. The first-order valence-electron chi connectivity index (χ1n) is 7.15. The molecule has 1 spiro atoms. The van der Waals surface area contributed by atoms with Gasteiger partial charge in [-0.05, 0) is 37.2 Å². The van der Waals surface area contributed by atoms with Crippen LogP contribution in [0, 0.1) is 5.41 Å². The number of phenolic OH excluding ortho intramolecular Hbond substituents is 1. The lowest BCUT2D eigenvalue weighted by molar-refractivity contribution is 0.135. The Kier molecular flexibility index (Phi) is 3.03. The average Bonchev–Trinajstić information content (AvgIpc) is 2.39. The highest BCUT2D eigenvalue weighted by Crippen LogP contribution is 2.53. The number of nitrogens with one attached hydrogen (secondary N) is 2. The lowest BCUT2D eigenvalue weighted by atomic mass is 9.66. The number of urea groups is 1. The normalized spacial score (nSPS) is 22.3. The number of anilines is 2. The summed E-state index contributed by atoms with van der Waals surface area (Å²) in [4.78, 5) is 12.0. The van der Waals surface area contributed by atoms with Crippen LogP contribution in [0.5, 0.6) is 5.75 Å². The Morgan fingerprint density at radius 3 is 2.52 bits per heavy atom. The quantitative estimate of drug-likeness (QED) is 0.436. The van der Waals surface area contributed by atoms with E-state index in [0.717, 1.165) is 25.7 Å². The molecule has 3 rings (SSSR count). The minimum Gasteiger partial charge on any atom is -0.505 e. The van der Waals surface area contributed by atoms with Crippen molar-refractivity contribution in [1.82, 2.24) is 5.32 Å². The average molecular weight is 310 g/mol. The third-order valence-electron chi connectivity index (χ3n) is 4.81. The summed E-state index contributed by atoms with van der Waals surface area (Å²) in [7, 11) is 0. The maximum Gasteiger partial charge on any atom is 0.319 e. The first-order chi connectivity index (χ1) is 9.74. The second-order valence-corrected chi connectivity index (χ2v) is 7.28. The van der Waals surface area contributed by atoms with Gasteiger partial charge in [-0.2, -0.15) is 0 Å². The van der Waals surface area contributed by atoms with E-state index in [1.165, 1.54) is 6.07 Å². The van der Waals surface area contributed by atoms with Gasteiger partial charge in [0.2, 0.25) is 0 Å². The second kappa shape index (κ2) is 4.44. The largest absolute Gasteiger partial charge is 0.505 e. The number of carbonyl (C=O) groups is 1. The molecule has 1 aliphatic heterocycles. The van der Waals surface area contributed by atoms with E-state index >= 15 is 0 Å². The highest BCUT2D eigenvalue weighted by molar-refractivity contribution is 6.34. The summed E-state index contributed by atoms with van der Waals surface area (Å²) in [5.41, 5.74) is 6.84. The van der Waals surface area contributed by atoms with Gasteiger partial charge in [0.15, 0.2) is 0 Å². The molecule has 0 radical (unpaired) electrons. The standard InChI is InChI=1S/C15H20ClN3O2/c1-14(2)3-5-15(6-4-14)10-11(18-13(21)19-15)8(16)7-9(17)12(10)20/h7,20H,3-6,17H2,1-2H3,(H2,18,19,21). The molecule has 1 saturated carbocycles. The minimum absolute atomic E-state index is 0.0154. The zero-order valence-corrected chi connectivity index (χ0v) is 13.0. The van der Waals surface area contributed by atoms with Gasteiger partial charge in [-0.15, -0.1) is 0 Å². The molecule has 21 heavy (non-hydrogen) atoms. The zero-order chi connectivity index (χ0) is 15.4. The fourth-order valence-electron chi connectivity index (χ4n) is 3.40. The van der Waals surface area contributed by atoms with Crippen LogP contribution >= 0.6 is 11.6 Å². The van der Waals surface area contributed by atoms with Gasteiger partial charge in [-0.3, -0.25) is 0 Å². The summed E-state index contributed by atoms with van der Waals surface area (Å²) >= 11 is 6.21. The molecule has 0 bridgehead atoms. The van der Waals surface area contributed by atoms with Crippen molar-refractivity contribution in [3.05, 3.63) is 16.7 Å². The second-order valence-electron chi connectivity index (χ2n) is 6.87. The Morgan fingerprint density at radius 2 is 1.90 bits per heavy atom. The molecule has 0 aromatic heterocycles. The highest BCUT2D eigenvalue weighted by Gasteiger charge is 2.46. The third-order valence-corrected chi connectivity index (χ3v) is 5.11. The number of halogens is 1. The van der Waals surface area contributed by atoms with E-state index in [2.05, 4.69) is 24.5 Å². The monoisotopic (exact) mass is 309 g/mol. The van der Waals surface area contributed by atoms with Crippen molar-refractivity contribution >= 4 is 29.0 Å². The van der Waals surface area contributed by atoms with Crippen LogP contribution in [0.1, 0.15) is 45.1 Å². The molecule has 114 valence electrons. The smallest absolute Gasteiger partial charge is 0.319 e. The van der Waals surface area contributed by atoms with E-state index in [1.54, 1.807) is 0 Å². The highest BCUT2D eigenvalue weighted by atomic mass is 35.5. The van der Waals surface area contributed by atoms with Crippen LogP contribution in [0.4, 0.5) is 16.2 Å². The SMILES string of the molecule is CC1(C)CCC2(CC1)NC(=O)Nc1c(Cl)cc(N)c(O)c12. The van der Waals surface area contributed by atoms with Gasteiger partial charge in [0, 0.05) is 5.56 Å². The van der Waals surface area contributed by atoms with Crippen LogP contribution < -0.4 is 16.4 Å². The van der Waals surface area contributed by atoms with Crippen molar-refractivity contribution in [2.24, 2.45) is 5.41 Å². The molecule has 1 aromatic carbocycles. The molecule has 1 fully saturated rings. The van der Waals surface area contributed by atoms with Crippen LogP contribution in [-0.4, -0.2) is 11.1 Å². The summed E-state index contributed by atoms with van der Waals surface area (Å²) in [6.45, 7) is 4.44. The predicted octanol–water partition coefficient (Wildman–Crippen LogP) is 3.56. The molecule has 0 unspecified atom stereocenters. The Hall–Kier alpha value is -1.62. The fraction of sp³-hybridized carbons (Fsp3) is 0.533. The first kappa shape index (κ1) is 14.3. The van der Waals surface area contributed by atoms with E-state index in [9.17, 15) is 9.90 Å². The number of amides is 2. The molecule has 0 saturated heterocycles. The fourth-order valence-corrected chi connectivity index (χ4v) is 3.66. The Labute approximate surface area is 128 Å². The molecular weight excluding hydrogens is 290 g/mol. The van der Waals surface area contributed by atoms with E-state index in [4.69, 9.17) is 17.3 Å². The maximum atomic E-state index is 12.0. The molecule has 1 aromatic rings. The lowest BCUT2D eigenvalue weighted by Crippen LogP contribution is -2.54. The van der Waals surface area contributed by atoms with Crippen LogP contribution in [0.25, 0.3) is 0 Å². The predicted molar refractivity (Wildman–Crippen MR) is 83.6 cm³/mol. The number of nitrogen functional groups attached to an aromatic ring is 1. The van der Waals surface area contributed by atoms with Gasteiger partial charge >= 0.3 is 6.03 Å². The van der Waals surface area contributed by atoms with Gasteiger partial charge in [0.25, 0.3) is 0 Å². The van der Waals surface area contributed by atoms with Crippen molar-refractivity contribution in [3.63, 3.8) is 0 Å². The Balaban J connectivity index is 2.16. The maximum absolute atomic E-state index is 12.0. The van der Waals surface area contributed by atoms with Gasteiger partial charge in [0.05, 0.1) is 21.9 Å². The van der Waals surface area contributed by atoms with Gasteiger partial charge < -0.3 is 21.5 Å². The number of aromatic hydroxyl groups is 1. The Bertz CT molecular complexity index is 618. The summed E-state index contributed by atoms with van der Waals surface area (Å²) < 4.78 is 0. The van der Waals surface area contributed by atoms with E-state index < -0.39 is 5.54 Å². The van der Waals surface area contributed by atoms with Crippen molar-refractivity contribution in [2.75, 3.05) is 11.1 Å². The zero-order valence-electron chi connectivity index (χ0n) is 12.2. The molecule has 6 heteroatoms. The van der Waals surface area contributed by atoms with Crippen LogP contribution in [-0.2, 0) is 5.54 Å². The number of carbonyl (C=O) groups excluding carboxylic acids is 1. The van der Waals surface area contributed by atoms with E-state index in [1.807, 2.05) is 0 Å². The van der Waals surface area contributed by atoms with Gasteiger partial charge in [-0.25, -0.2) is 4.79 Å². The minimum atomic E-state index is -0.587. The molecule has 1 aliphatic carbocycles. The molecule has 1 heterocycles. The van der Waals surface area contributed by atoms with Crippen molar-refractivity contribution < 1.29 is 9.90 Å². The van der Waals surface area contributed by atoms with Crippen LogP contribution in [0.15, 0.2) is 6.07 Å². The number of nitrogens with two attached hydrogens (primary N) is 1. The molecule has 0 atom stereocenters. The summed E-state index contributed by atoms with van der Waals surface area (Å²) in [6, 6.07) is 1.19. The molecule has 5 nitrogen and oxygen atoms in total. The summed E-state index contributed by atoms with van der Waals surface area (Å²) in [5.74, 6) is 0.0154. The van der Waals surface area contributed by atoms with Gasteiger partial charge in [0.1, 0.15) is 5.75 Å². The number of fused-ring (bicyclic) bond motifs is 2. The number of benzene rings is 1. The number of hydrogen-bond donors (Lipinski definition) is 4. The lowest BCUT2D eigenvalue weighted by Gasteiger charge is -2.47. The first-order valence-corrected chi connectivity index (χ1v) is 7.52. The summed E-state index contributed by atoms with van der Waals surface area (Å²) in [5, 5.41) is 16.5. The van der Waals surface area contributed by atoms with E-state index in [-0.39, 0.29) is 22.9 Å².